The summed E-state index contributed by atoms with van der Waals surface area (Å²) in [6, 6.07) is 24.9. The highest BCUT2D eigenvalue weighted by Gasteiger charge is 2.14. The van der Waals surface area contributed by atoms with E-state index in [0.717, 1.165) is 14.3 Å². The highest BCUT2D eigenvalue weighted by molar-refractivity contribution is 9.11. The summed E-state index contributed by atoms with van der Waals surface area (Å²) < 4.78 is 24.6. The Morgan fingerprint density at radius 3 is 1.81 bits per heavy atom. The fourth-order valence-electron chi connectivity index (χ4n) is 2.63. The molecule has 0 radical (unpaired) electrons. The number of rotatable bonds is 1. The number of fused-ring (bicyclic) bond motifs is 2. The summed E-state index contributed by atoms with van der Waals surface area (Å²) in [5, 5.41) is 4.01. The van der Waals surface area contributed by atoms with Crippen molar-refractivity contribution < 1.29 is 8.42 Å². The first kappa shape index (κ1) is 19.4. The van der Waals surface area contributed by atoms with Gasteiger partial charge >= 0.3 is 0 Å². The highest BCUT2D eigenvalue weighted by Crippen LogP contribution is 2.30. The number of benzene rings is 4. The molecule has 0 amide bonds. The zero-order chi connectivity index (χ0) is 18.7. The molecule has 0 aliphatic carbocycles. The molecule has 0 unspecified atom stereocenters. The van der Waals surface area contributed by atoms with Crippen LogP contribution in [0.4, 0.5) is 0 Å². The summed E-state index contributed by atoms with van der Waals surface area (Å²) in [5.74, 6) is 0. The minimum Gasteiger partial charge on any atom is -0.207 e. The summed E-state index contributed by atoms with van der Waals surface area (Å²) in [4.78, 5) is 0.142. The van der Waals surface area contributed by atoms with Crippen LogP contribution in [0, 0.1) is 0 Å². The van der Waals surface area contributed by atoms with E-state index in [0.29, 0.717) is 5.39 Å². The fraction of sp³-hybridized carbons (Fsp3) is 0. The molecular formula is C20H13Br2ClO2S. The number of hydrogen-bond donors (Lipinski definition) is 0. The molecule has 0 bridgehead atoms. The maximum Gasteiger partial charge on any atom is 0.261 e. The smallest absolute Gasteiger partial charge is 0.207 e. The van der Waals surface area contributed by atoms with Crippen LogP contribution in [0.15, 0.2) is 92.7 Å². The predicted octanol–water partition coefficient (Wildman–Crippen LogP) is 7.13. The second-order valence-electron chi connectivity index (χ2n) is 5.49. The number of hydrogen-bond acceptors (Lipinski definition) is 2. The normalized spacial score (nSPS) is 11.2. The van der Waals surface area contributed by atoms with Gasteiger partial charge in [0.15, 0.2) is 0 Å². The van der Waals surface area contributed by atoms with Gasteiger partial charge in [-0.05, 0) is 34.4 Å². The third kappa shape index (κ3) is 4.29. The molecule has 0 aliphatic heterocycles. The van der Waals surface area contributed by atoms with Crippen LogP contribution >= 0.6 is 42.5 Å². The van der Waals surface area contributed by atoms with E-state index in [2.05, 4.69) is 62.2 Å². The molecule has 2 nitrogen and oxygen atoms in total. The van der Waals surface area contributed by atoms with E-state index in [1.807, 2.05) is 24.3 Å². The molecule has 4 rings (SSSR count). The summed E-state index contributed by atoms with van der Waals surface area (Å²) >= 11 is 6.86. The molecule has 0 saturated heterocycles. The van der Waals surface area contributed by atoms with Gasteiger partial charge in [-0.15, -0.1) is 0 Å². The molecule has 0 aliphatic rings. The van der Waals surface area contributed by atoms with Gasteiger partial charge < -0.3 is 0 Å². The standard InChI is InChI=1S/C10H6BrClO2S.C10H7Br/c11-9-5-6-10(15(12,13)14)8-4-2-1-3-7(8)9;11-10-7-3-5-8-4-1-2-6-9(8)10/h1-6H;1-7H. The van der Waals surface area contributed by atoms with Gasteiger partial charge in [0.25, 0.3) is 9.05 Å². The molecule has 0 heterocycles. The summed E-state index contributed by atoms with van der Waals surface area (Å²) in [6.45, 7) is 0. The van der Waals surface area contributed by atoms with Crippen molar-refractivity contribution >= 4 is 73.1 Å². The molecule has 0 aromatic heterocycles. The van der Waals surface area contributed by atoms with Crippen molar-refractivity contribution in [2.75, 3.05) is 0 Å². The Bertz CT molecular complexity index is 1190. The van der Waals surface area contributed by atoms with Crippen LogP contribution in [0.25, 0.3) is 21.5 Å². The van der Waals surface area contributed by atoms with Gasteiger partial charge in [-0.2, -0.15) is 0 Å². The van der Waals surface area contributed by atoms with Gasteiger partial charge in [-0.3, -0.25) is 0 Å². The van der Waals surface area contributed by atoms with E-state index < -0.39 is 9.05 Å². The third-order valence-corrected chi connectivity index (χ3v) is 6.59. The van der Waals surface area contributed by atoms with Crippen molar-refractivity contribution in [3.8, 4) is 0 Å². The third-order valence-electron chi connectivity index (χ3n) is 3.83. The second-order valence-corrected chi connectivity index (χ2v) is 9.73. The van der Waals surface area contributed by atoms with E-state index in [1.165, 1.54) is 16.8 Å². The summed E-state index contributed by atoms with van der Waals surface area (Å²) in [6.07, 6.45) is 0. The van der Waals surface area contributed by atoms with Crippen molar-refractivity contribution in [3.63, 3.8) is 0 Å². The lowest BCUT2D eigenvalue weighted by atomic mass is 10.1. The molecule has 0 fully saturated rings. The van der Waals surface area contributed by atoms with Crippen LogP contribution in [0.5, 0.6) is 0 Å². The van der Waals surface area contributed by atoms with Crippen LogP contribution in [-0.2, 0) is 9.05 Å². The van der Waals surface area contributed by atoms with Gasteiger partial charge in [-0.25, -0.2) is 8.42 Å². The predicted molar refractivity (Wildman–Crippen MR) is 116 cm³/mol. The lowest BCUT2D eigenvalue weighted by Gasteiger charge is -2.04. The van der Waals surface area contributed by atoms with Crippen molar-refractivity contribution in [2.45, 2.75) is 4.90 Å². The van der Waals surface area contributed by atoms with Gasteiger partial charge in [0.1, 0.15) is 0 Å². The Hall–Kier alpha value is -1.40. The SMILES string of the molecule is Brc1cccc2ccccc12.O=S(=O)(Cl)c1ccc(Br)c2ccccc12. The lowest BCUT2D eigenvalue weighted by molar-refractivity contribution is 0.610. The molecule has 6 heteroatoms. The van der Waals surface area contributed by atoms with Crippen molar-refractivity contribution in [3.05, 3.63) is 87.8 Å². The monoisotopic (exact) mass is 510 g/mol. The fourth-order valence-corrected chi connectivity index (χ4v) is 4.70. The minimum absolute atomic E-state index is 0.142. The van der Waals surface area contributed by atoms with Crippen LogP contribution in [-0.4, -0.2) is 8.42 Å². The van der Waals surface area contributed by atoms with Crippen molar-refractivity contribution in [1.29, 1.82) is 0 Å². The maximum absolute atomic E-state index is 11.3. The molecule has 4 aromatic carbocycles. The molecular weight excluding hydrogens is 500 g/mol. The van der Waals surface area contributed by atoms with Crippen LogP contribution in [0.3, 0.4) is 0 Å². The Kier molecular flexibility index (Phi) is 6.03. The molecule has 4 aromatic rings. The second kappa shape index (κ2) is 8.09. The van der Waals surface area contributed by atoms with Crippen molar-refractivity contribution in [2.24, 2.45) is 0 Å². The lowest BCUT2D eigenvalue weighted by Crippen LogP contribution is -1.92. The summed E-state index contributed by atoms with van der Waals surface area (Å²) in [5.41, 5.74) is 0. The zero-order valence-electron chi connectivity index (χ0n) is 13.4. The first-order valence-electron chi connectivity index (χ1n) is 7.63. The van der Waals surface area contributed by atoms with Gasteiger partial charge in [0.2, 0.25) is 0 Å². The average Bonchev–Trinajstić information content (AvgIpc) is 2.62. The average molecular weight is 513 g/mol. The van der Waals surface area contributed by atoms with Crippen LogP contribution in [0.2, 0.25) is 0 Å². The largest absolute Gasteiger partial charge is 0.261 e. The molecule has 0 atom stereocenters. The van der Waals surface area contributed by atoms with Crippen LogP contribution < -0.4 is 0 Å². The van der Waals surface area contributed by atoms with E-state index in [4.69, 9.17) is 10.7 Å². The molecule has 0 saturated carbocycles. The van der Waals surface area contributed by atoms with Crippen molar-refractivity contribution in [1.82, 2.24) is 0 Å². The van der Waals surface area contributed by atoms with Gasteiger partial charge in [0, 0.05) is 25.0 Å². The number of halogens is 3. The van der Waals surface area contributed by atoms with Crippen LogP contribution in [0.1, 0.15) is 0 Å². The Balaban J connectivity index is 0.000000158. The van der Waals surface area contributed by atoms with E-state index >= 15 is 0 Å². The Morgan fingerprint density at radius 1 is 0.615 bits per heavy atom. The molecule has 26 heavy (non-hydrogen) atoms. The van der Waals surface area contributed by atoms with E-state index in [1.54, 1.807) is 18.2 Å². The van der Waals surface area contributed by atoms with E-state index in [9.17, 15) is 8.42 Å². The van der Waals surface area contributed by atoms with Gasteiger partial charge in [0.05, 0.1) is 4.90 Å². The first-order chi connectivity index (χ1) is 12.4. The van der Waals surface area contributed by atoms with E-state index in [-0.39, 0.29) is 4.90 Å². The van der Waals surface area contributed by atoms with Gasteiger partial charge in [-0.1, -0.05) is 92.5 Å². The highest BCUT2D eigenvalue weighted by atomic mass is 79.9. The zero-order valence-corrected chi connectivity index (χ0v) is 18.1. The quantitative estimate of drug-likeness (QED) is 0.254. The first-order valence-corrected chi connectivity index (χ1v) is 11.5. The topological polar surface area (TPSA) is 34.1 Å². The Labute approximate surface area is 173 Å². The maximum atomic E-state index is 11.3. The molecule has 132 valence electrons. The summed E-state index contributed by atoms with van der Waals surface area (Å²) in [7, 11) is 1.65. The Morgan fingerprint density at radius 2 is 1.15 bits per heavy atom. The molecule has 0 N–H and O–H groups in total. The minimum atomic E-state index is -3.69. The molecule has 0 spiro atoms.